The van der Waals surface area contributed by atoms with E-state index in [1.165, 1.54) is 0 Å². The van der Waals surface area contributed by atoms with Gasteiger partial charge in [-0.3, -0.25) is 4.79 Å². The molecule has 1 amide bonds. The van der Waals surface area contributed by atoms with E-state index in [-0.39, 0.29) is 17.5 Å². The SMILES string of the molecule is CC(C)C(CBr)NC(=O)c1ccc(F)cc1F. The van der Waals surface area contributed by atoms with Crippen molar-refractivity contribution < 1.29 is 13.6 Å². The highest BCUT2D eigenvalue weighted by Crippen LogP contribution is 2.11. The minimum absolute atomic E-state index is 0.0908. The lowest BCUT2D eigenvalue weighted by Gasteiger charge is -2.20. The number of halogens is 3. The Labute approximate surface area is 108 Å². The smallest absolute Gasteiger partial charge is 0.254 e. The zero-order valence-electron chi connectivity index (χ0n) is 9.64. The Balaban J connectivity index is 2.82. The first kappa shape index (κ1) is 14.1. The molecule has 0 aromatic heterocycles. The van der Waals surface area contributed by atoms with E-state index >= 15 is 0 Å². The van der Waals surface area contributed by atoms with Crippen molar-refractivity contribution in [2.75, 3.05) is 5.33 Å². The van der Waals surface area contributed by atoms with Crippen LogP contribution in [0.5, 0.6) is 0 Å². The highest BCUT2D eigenvalue weighted by Gasteiger charge is 2.18. The van der Waals surface area contributed by atoms with Crippen molar-refractivity contribution in [2.24, 2.45) is 5.92 Å². The molecule has 0 aliphatic heterocycles. The highest BCUT2D eigenvalue weighted by molar-refractivity contribution is 9.09. The average molecular weight is 306 g/mol. The third-order valence-corrected chi connectivity index (χ3v) is 3.16. The van der Waals surface area contributed by atoms with Gasteiger partial charge >= 0.3 is 0 Å². The maximum atomic E-state index is 13.3. The largest absolute Gasteiger partial charge is 0.348 e. The fourth-order valence-corrected chi connectivity index (χ4v) is 2.21. The van der Waals surface area contributed by atoms with Crippen molar-refractivity contribution in [3.63, 3.8) is 0 Å². The number of nitrogens with one attached hydrogen (secondary N) is 1. The predicted molar refractivity (Wildman–Crippen MR) is 66.2 cm³/mol. The summed E-state index contributed by atoms with van der Waals surface area (Å²) < 4.78 is 26.0. The third kappa shape index (κ3) is 3.77. The van der Waals surface area contributed by atoms with Gasteiger partial charge in [-0.05, 0) is 18.1 Å². The molecular formula is C12H14BrF2NO. The molecule has 0 bridgehead atoms. The zero-order chi connectivity index (χ0) is 13.0. The molecule has 0 saturated carbocycles. The van der Waals surface area contributed by atoms with E-state index in [4.69, 9.17) is 0 Å². The van der Waals surface area contributed by atoms with Gasteiger partial charge in [0.1, 0.15) is 11.6 Å². The molecule has 1 rings (SSSR count). The van der Waals surface area contributed by atoms with Crippen LogP contribution in [-0.2, 0) is 0 Å². The summed E-state index contributed by atoms with van der Waals surface area (Å²) >= 11 is 3.28. The molecular weight excluding hydrogens is 292 g/mol. The molecule has 0 radical (unpaired) electrons. The number of alkyl halides is 1. The van der Waals surface area contributed by atoms with E-state index < -0.39 is 17.5 Å². The predicted octanol–water partition coefficient (Wildman–Crippen LogP) is 3.11. The summed E-state index contributed by atoms with van der Waals surface area (Å²) in [6.45, 7) is 3.90. The van der Waals surface area contributed by atoms with Gasteiger partial charge in [0.15, 0.2) is 0 Å². The van der Waals surface area contributed by atoms with E-state index in [0.29, 0.717) is 11.4 Å². The quantitative estimate of drug-likeness (QED) is 0.851. The van der Waals surface area contributed by atoms with Gasteiger partial charge in [0, 0.05) is 17.4 Å². The van der Waals surface area contributed by atoms with Crippen LogP contribution in [0, 0.1) is 17.6 Å². The van der Waals surface area contributed by atoms with Crippen LogP contribution < -0.4 is 5.32 Å². The molecule has 0 fully saturated rings. The van der Waals surface area contributed by atoms with E-state index in [1.54, 1.807) is 0 Å². The van der Waals surface area contributed by atoms with E-state index in [9.17, 15) is 13.6 Å². The van der Waals surface area contributed by atoms with Gasteiger partial charge in [-0.15, -0.1) is 0 Å². The molecule has 1 unspecified atom stereocenters. The number of carbonyl (C=O) groups excluding carboxylic acids is 1. The number of carbonyl (C=O) groups is 1. The topological polar surface area (TPSA) is 29.1 Å². The molecule has 0 spiro atoms. The fraction of sp³-hybridized carbons (Fsp3) is 0.417. The lowest BCUT2D eigenvalue weighted by Crippen LogP contribution is -2.40. The van der Waals surface area contributed by atoms with Crippen LogP contribution in [0.15, 0.2) is 18.2 Å². The molecule has 0 saturated heterocycles. The van der Waals surface area contributed by atoms with Crippen molar-refractivity contribution in [1.29, 1.82) is 0 Å². The number of benzene rings is 1. The molecule has 0 heterocycles. The molecule has 1 N–H and O–H groups in total. The second-order valence-corrected chi connectivity index (χ2v) is 4.75. The normalized spacial score (nSPS) is 12.6. The molecule has 94 valence electrons. The zero-order valence-corrected chi connectivity index (χ0v) is 11.2. The van der Waals surface area contributed by atoms with Crippen molar-refractivity contribution in [3.05, 3.63) is 35.4 Å². The van der Waals surface area contributed by atoms with E-state index in [2.05, 4.69) is 21.2 Å². The molecule has 1 aromatic rings. The monoisotopic (exact) mass is 305 g/mol. The van der Waals surface area contributed by atoms with Crippen LogP contribution in [0.3, 0.4) is 0 Å². The van der Waals surface area contributed by atoms with E-state index in [0.717, 1.165) is 12.1 Å². The lowest BCUT2D eigenvalue weighted by molar-refractivity contribution is 0.0927. The first-order valence-electron chi connectivity index (χ1n) is 5.27. The van der Waals surface area contributed by atoms with Gasteiger partial charge in [0.2, 0.25) is 0 Å². The summed E-state index contributed by atoms with van der Waals surface area (Å²) in [5, 5.41) is 3.28. The summed E-state index contributed by atoms with van der Waals surface area (Å²) in [6.07, 6.45) is 0. The Morgan fingerprint density at radius 3 is 2.53 bits per heavy atom. The summed E-state index contributed by atoms with van der Waals surface area (Å²) in [7, 11) is 0. The van der Waals surface area contributed by atoms with Crippen LogP contribution in [-0.4, -0.2) is 17.3 Å². The maximum absolute atomic E-state index is 13.3. The average Bonchev–Trinajstić information content (AvgIpc) is 2.24. The Morgan fingerprint density at radius 2 is 2.06 bits per heavy atom. The Kier molecular flexibility index (Phi) is 5.05. The fourth-order valence-electron chi connectivity index (χ4n) is 1.30. The highest BCUT2D eigenvalue weighted by atomic mass is 79.9. The Bertz CT molecular complexity index is 409. The standard InChI is InChI=1S/C12H14BrF2NO/c1-7(2)11(6-13)16-12(17)9-4-3-8(14)5-10(9)15/h3-5,7,11H,6H2,1-2H3,(H,16,17). The molecule has 5 heteroatoms. The minimum Gasteiger partial charge on any atom is -0.348 e. The molecule has 1 aromatic carbocycles. The van der Waals surface area contributed by atoms with Crippen molar-refractivity contribution in [2.45, 2.75) is 19.9 Å². The lowest BCUT2D eigenvalue weighted by atomic mass is 10.1. The van der Waals surface area contributed by atoms with E-state index in [1.807, 2.05) is 13.8 Å². The first-order valence-corrected chi connectivity index (χ1v) is 6.39. The number of hydrogen-bond acceptors (Lipinski definition) is 1. The van der Waals surface area contributed by atoms with Crippen molar-refractivity contribution in [1.82, 2.24) is 5.32 Å². The van der Waals surface area contributed by atoms with Crippen molar-refractivity contribution >= 4 is 21.8 Å². The Hall–Kier alpha value is -0.970. The van der Waals surface area contributed by atoms with Gasteiger partial charge < -0.3 is 5.32 Å². The van der Waals surface area contributed by atoms with Gasteiger partial charge in [-0.25, -0.2) is 8.78 Å². The molecule has 0 aliphatic rings. The van der Waals surface area contributed by atoms with Gasteiger partial charge in [-0.2, -0.15) is 0 Å². The number of amides is 1. The number of hydrogen-bond donors (Lipinski definition) is 1. The summed E-state index contributed by atoms with van der Waals surface area (Å²) in [5.41, 5.74) is -0.141. The summed E-state index contributed by atoms with van der Waals surface area (Å²) in [6, 6.07) is 2.82. The van der Waals surface area contributed by atoms with Crippen molar-refractivity contribution in [3.8, 4) is 0 Å². The van der Waals surface area contributed by atoms with Gasteiger partial charge in [-0.1, -0.05) is 29.8 Å². The van der Waals surface area contributed by atoms with Crippen LogP contribution in [0.2, 0.25) is 0 Å². The van der Waals surface area contributed by atoms with Crippen LogP contribution in [0.4, 0.5) is 8.78 Å². The minimum atomic E-state index is -0.848. The number of rotatable bonds is 4. The van der Waals surface area contributed by atoms with Crippen LogP contribution >= 0.6 is 15.9 Å². The summed E-state index contributed by atoms with van der Waals surface area (Å²) in [4.78, 5) is 11.8. The molecule has 17 heavy (non-hydrogen) atoms. The van der Waals surface area contributed by atoms with Gasteiger partial charge in [0.05, 0.1) is 5.56 Å². The molecule has 2 nitrogen and oxygen atoms in total. The molecule has 1 atom stereocenters. The second-order valence-electron chi connectivity index (χ2n) is 4.10. The first-order chi connectivity index (χ1) is 7.95. The second kappa shape index (κ2) is 6.10. The Morgan fingerprint density at radius 1 is 1.41 bits per heavy atom. The van der Waals surface area contributed by atoms with Gasteiger partial charge in [0.25, 0.3) is 5.91 Å². The molecule has 0 aliphatic carbocycles. The maximum Gasteiger partial charge on any atom is 0.254 e. The van der Waals surface area contributed by atoms with Crippen LogP contribution in [0.25, 0.3) is 0 Å². The van der Waals surface area contributed by atoms with Crippen LogP contribution in [0.1, 0.15) is 24.2 Å². The summed E-state index contributed by atoms with van der Waals surface area (Å²) in [5.74, 6) is -1.85. The third-order valence-electron chi connectivity index (χ3n) is 2.46.